The normalized spacial score (nSPS) is 17.2. The van der Waals surface area contributed by atoms with Gasteiger partial charge in [-0.15, -0.1) is 0 Å². The minimum atomic E-state index is -0.497. The van der Waals surface area contributed by atoms with Crippen LogP contribution in [0.2, 0.25) is 0 Å². The second kappa shape index (κ2) is 13.3. The zero-order chi connectivity index (χ0) is 31.3. The summed E-state index contributed by atoms with van der Waals surface area (Å²) in [5.41, 5.74) is 7.79. The van der Waals surface area contributed by atoms with E-state index in [-0.39, 0.29) is 23.7 Å². The number of methoxy groups -OCH3 is 1. The topological polar surface area (TPSA) is 131 Å². The molecule has 2 aliphatic rings. The van der Waals surface area contributed by atoms with Gasteiger partial charge < -0.3 is 35.6 Å². The Kier molecular flexibility index (Phi) is 8.92. The first-order valence-corrected chi connectivity index (χ1v) is 15.1. The Morgan fingerprint density at radius 2 is 1.87 bits per heavy atom. The Hall–Kier alpha value is -4.97. The molecule has 234 valence electrons. The number of pyridine rings is 1. The Morgan fingerprint density at radius 3 is 2.62 bits per heavy atom. The number of hydrogen-bond donors (Lipinski definition) is 3. The van der Waals surface area contributed by atoms with Crippen molar-refractivity contribution in [1.82, 2.24) is 19.9 Å². The maximum Gasteiger partial charge on any atom is 0.245 e. The SMILES string of the molecule is C=CC(=O)N1CCC(Nc2cc3c(Nc4ccc(Oc5ccnc(N6CCC[C@@H](N)C6)c5)cc4F)ncnc3cc2OC)CC1. The van der Waals surface area contributed by atoms with Crippen molar-refractivity contribution < 1.29 is 18.7 Å². The number of likely N-dealkylation sites (tertiary alicyclic amines) is 1. The number of carbonyl (C=O) groups excluding carboxylic acids is 1. The van der Waals surface area contributed by atoms with Gasteiger partial charge in [-0.25, -0.2) is 19.3 Å². The van der Waals surface area contributed by atoms with Crippen LogP contribution in [-0.4, -0.2) is 71.1 Å². The number of rotatable bonds is 9. The lowest BCUT2D eigenvalue weighted by molar-refractivity contribution is -0.126. The van der Waals surface area contributed by atoms with Gasteiger partial charge in [-0.3, -0.25) is 4.79 Å². The fraction of sp³-hybridized carbons (Fsp3) is 0.333. The molecule has 6 rings (SSSR count). The first kappa shape index (κ1) is 30.1. The molecule has 11 nitrogen and oxygen atoms in total. The number of amides is 1. The van der Waals surface area contributed by atoms with Gasteiger partial charge in [-0.1, -0.05) is 6.58 Å². The van der Waals surface area contributed by atoms with Gasteiger partial charge in [-0.2, -0.15) is 0 Å². The highest BCUT2D eigenvalue weighted by atomic mass is 19.1. The number of ether oxygens (including phenoxy) is 2. The number of carbonyl (C=O) groups is 1. The molecule has 4 N–H and O–H groups in total. The summed E-state index contributed by atoms with van der Waals surface area (Å²) in [7, 11) is 1.60. The first-order valence-electron chi connectivity index (χ1n) is 15.1. The summed E-state index contributed by atoms with van der Waals surface area (Å²) in [6, 6.07) is 12.2. The Morgan fingerprint density at radius 1 is 1.04 bits per heavy atom. The Balaban J connectivity index is 1.18. The maximum absolute atomic E-state index is 15.4. The largest absolute Gasteiger partial charge is 0.495 e. The van der Waals surface area contributed by atoms with Gasteiger partial charge in [-0.05, 0) is 56.0 Å². The van der Waals surface area contributed by atoms with Gasteiger partial charge in [0.1, 0.15) is 41.0 Å². The van der Waals surface area contributed by atoms with E-state index >= 15 is 4.39 Å². The van der Waals surface area contributed by atoms with Gasteiger partial charge in [0, 0.05) is 68.0 Å². The summed E-state index contributed by atoms with van der Waals surface area (Å²) in [6.07, 6.45) is 8.04. The number of piperidine rings is 2. The molecule has 45 heavy (non-hydrogen) atoms. The van der Waals surface area contributed by atoms with E-state index in [2.05, 4.69) is 37.1 Å². The first-order chi connectivity index (χ1) is 21.9. The summed E-state index contributed by atoms with van der Waals surface area (Å²) in [5.74, 6) is 2.23. The number of fused-ring (bicyclic) bond motifs is 1. The van der Waals surface area contributed by atoms with Crippen molar-refractivity contribution in [3.8, 4) is 17.2 Å². The molecule has 2 saturated heterocycles. The minimum Gasteiger partial charge on any atom is -0.495 e. The van der Waals surface area contributed by atoms with Gasteiger partial charge in [0.05, 0.1) is 24.0 Å². The molecule has 2 aliphatic heterocycles. The van der Waals surface area contributed by atoms with E-state index in [1.54, 1.807) is 36.4 Å². The molecule has 4 aromatic rings. The second-order valence-electron chi connectivity index (χ2n) is 11.3. The van der Waals surface area contributed by atoms with Crippen molar-refractivity contribution in [3.05, 3.63) is 73.5 Å². The molecule has 0 radical (unpaired) electrons. The molecular weight excluding hydrogens is 575 g/mol. The lowest BCUT2D eigenvalue weighted by atomic mass is 10.0. The van der Waals surface area contributed by atoms with E-state index < -0.39 is 5.82 Å². The highest BCUT2D eigenvalue weighted by molar-refractivity contribution is 5.95. The van der Waals surface area contributed by atoms with Crippen LogP contribution in [0.5, 0.6) is 17.2 Å². The lowest BCUT2D eigenvalue weighted by Crippen LogP contribution is -2.43. The van der Waals surface area contributed by atoms with Crippen LogP contribution in [0.4, 0.5) is 27.4 Å². The van der Waals surface area contributed by atoms with Gasteiger partial charge in [0.25, 0.3) is 0 Å². The van der Waals surface area contributed by atoms with Crippen molar-refractivity contribution in [1.29, 1.82) is 0 Å². The number of anilines is 4. The average Bonchev–Trinajstić information content (AvgIpc) is 3.06. The average molecular weight is 613 g/mol. The van der Waals surface area contributed by atoms with E-state index in [1.807, 2.05) is 18.2 Å². The molecule has 12 heteroatoms. The van der Waals surface area contributed by atoms with Gasteiger partial charge in [0.15, 0.2) is 0 Å². The third-order valence-corrected chi connectivity index (χ3v) is 8.23. The van der Waals surface area contributed by atoms with Crippen molar-refractivity contribution >= 4 is 39.8 Å². The van der Waals surface area contributed by atoms with E-state index in [4.69, 9.17) is 15.2 Å². The molecule has 1 amide bonds. The van der Waals surface area contributed by atoms with Crippen LogP contribution in [0.25, 0.3) is 10.9 Å². The van der Waals surface area contributed by atoms with Crippen LogP contribution < -0.4 is 30.7 Å². The van der Waals surface area contributed by atoms with Gasteiger partial charge >= 0.3 is 0 Å². The fourth-order valence-corrected chi connectivity index (χ4v) is 5.84. The van der Waals surface area contributed by atoms with Crippen LogP contribution >= 0.6 is 0 Å². The highest BCUT2D eigenvalue weighted by Crippen LogP contribution is 2.35. The second-order valence-corrected chi connectivity index (χ2v) is 11.3. The van der Waals surface area contributed by atoms with E-state index in [0.29, 0.717) is 47.1 Å². The van der Waals surface area contributed by atoms with Crippen LogP contribution in [0.3, 0.4) is 0 Å². The third-order valence-electron chi connectivity index (χ3n) is 8.23. The molecule has 2 aromatic carbocycles. The van der Waals surface area contributed by atoms with Crippen LogP contribution in [0.15, 0.2) is 67.6 Å². The Bertz CT molecular complexity index is 1690. The molecule has 4 heterocycles. The number of aromatic nitrogens is 3. The monoisotopic (exact) mass is 612 g/mol. The predicted molar refractivity (Wildman–Crippen MR) is 173 cm³/mol. The minimum absolute atomic E-state index is 0.0543. The predicted octanol–water partition coefficient (Wildman–Crippen LogP) is 5.22. The molecule has 1 atom stereocenters. The van der Waals surface area contributed by atoms with Gasteiger partial charge in [0.2, 0.25) is 5.91 Å². The fourth-order valence-electron chi connectivity index (χ4n) is 5.84. The zero-order valence-corrected chi connectivity index (χ0v) is 25.2. The number of hydrogen-bond acceptors (Lipinski definition) is 10. The maximum atomic E-state index is 15.4. The van der Waals surface area contributed by atoms with Crippen molar-refractivity contribution in [2.75, 3.05) is 48.8 Å². The van der Waals surface area contributed by atoms with Crippen LogP contribution in [-0.2, 0) is 4.79 Å². The molecule has 0 bridgehead atoms. The lowest BCUT2D eigenvalue weighted by Gasteiger charge is -2.32. The Labute approximate surface area is 261 Å². The van der Waals surface area contributed by atoms with E-state index in [1.165, 1.54) is 18.5 Å². The summed E-state index contributed by atoms with van der Waals surface area (Å²) < 4.78 is 27.0. The van der Waals surface area contributed by atoms with Crippen LogP contribution in [0.1, 0.15) is 25.7 Å². The summed E-state index contributed by atoms with van der Waals surface area (Å²) in [5, 5.41) is 7.37. The molecule has 2 aromatic heterocycles. The third kappa shape index (κ3) is 6.91. The van der Waals surface area contributed by atoms with E-state index in [9.17, 15) is 4.79 Å². The highest BCUT2D eigenvalue weighted by Gasteiger charge is 2.23. The number of benzene rings is 2. The zero-order valence-electron chi connectivity index (χ0n) is 25.2. The molecule has 2 fully saturated rings. The van der Waals surface area contributed by atoms with E-state index in [0.717, 1.165) is 50.3 Å². The summed E-state index contributed by atoms with van der Waals surface area (Å²) >= 11 is 0. The van der Waals surface area contributed by atoms with Crippen molar-refractivity contribution in [2.24, 2.45) is 5.73 Å². The molecule has 0 aliphatic carbocycles. The number of nitrogens with zero attached hydrogens (tertiary/aromatic N) is 5. The molecule has 0 saturated carbocycles. The quantitative estimate of drug-likeness (QED) is 0.216. The number of halogens is 1. The molecule has 0 unspecified atom stereocenters. The van der Waals surface area contributed by atoms with Crippen molar-refractivity contribution in [2.45, 2.75) is 37.8 Å². The number of nitrogens with one attached hydrogen (secondary N) is 2. The smallest absolute Gasteiger partial charge is 0.245 e. The van der Waals surface area contributed by atoms with Crippen LogP contribution in [0, 0.1) is 5.82 Å². The number of nitrogens with two attached hydrogens (primary N) is 1. The summed E-state index contributed by atoms with van der Waals surface area (Å²) in [4.78, 5) is 29.2. The standard InChI is InChI=1S/C33H37FN8O3/c1-3-32(43)41-13-9-22(10-14-41)39-29-17-25-28(18-30(29)44-2)37-20-38-33(25)40-27-7-6-23(15-26(27)34)45-24-8-11-36-31(16-24)42-12-4-5-21(35)19-42/h3,6-8,11,15-18,20-22,39H,1,4-5,9-10,12-14,19,35H2,2H3,(H,37,38,40)/t21-/m1/s1. The summed E-state index contributed by atoms with van der Waals surface area (Å²) in [6.45, 7) is 6.49. The van der Waals surface area contributed by atoms with Crippen molar-refractivity contribution in [3.63, 3.8) is 0 Å². The molecule has 0 spiro atoms. The molecular formula is C33H37FN8O3.